The van der Waals surface area contributed by atoms with Gasteiger partial charge in [0, 0.05) is 15.8 Å². The Bertz CT molecular complexity index is 1050. The molecule has 6 rings (SSSR count). The number of halogens is 1. The number of benzene rings is 4. The SMILES string of the molecule is C[C-]1CCCC1[PH+](c1ccccc1)c1ccccc1.C[C-]1CCCC1[PH+](c1ccccc1)c1ccccc1.[CH3-].[Cl][Pd+].[Fe+2]. The molecule has 2 saturated carbocycles. The van der Waals surface area contributed by atoms with E-state index in [0.717, 1.165) is 11.3 Å². The Morgan fingerprint density at radius 2 is 0.762 bits per heavy atom. The van der Waals surface area contributed by atoms with E-state index in [4.69, 9.17) is 0 Å². The normalized spacial score (nSPS) is 18.3. The fraction of sp³-hybridized carbons (Fsp3) is 0.270. The van der Waals surface area contributed by atoms with Crippen LogP contribution in [-0.2, 0) is 35.2 Å². The fourth-order valence-electron chi connectivity index (χ4n) is 6.40. The number of hydrogen-bond donors (Lipinski definition) is 0. The fourth-order valence-corrected chi connectivity index (χ4v) is 13.1. The monoisotopic (exact) mass is 748 g/mol. The Morgan fingerprint density at radius 3 is 0.952 bits per heavy atom. The molecule has 42 heavy (non-hydrogen) atoms. The summed E-state index contributed by atoms with van der Waals surface area (Å²) in [5.74, 6) is 3.45. The van der Waals surface area contributed by atoms with E-state index < -0.39 is 15.8 Å². The third-order valence-corrected chi connectivity index (χ3v) is 15.1. The molecule has 0 nitrogen and oxygen atoms in total. The van der Waals surface area contributed by atoms with Gasteiger partial charge in [-0.3, -0.25) is 11.8 Å². The van der Waals surface area contributed by atoms with Crippen molar-refractivity contribution in [3.63, 3.8) is 0 Å². The van der Waals surface area contributed by atoms with E-state index in [-0.39, 0.29) is 24.5 Å². The molecular weight excluding hydrogens is 704 g/mol. The van der Waals surface area contributed by atoms with E-state index in [0.29, 0.717) is 0 Å². The molecule has 0 saturated heterocycles. The topological polar surface area (TPSA) is 0 Å². The predicted molar refractivity (Wildman–Crippen MR) is 186 cm³/mol. The first-order valence-corrected chi connectivity index (χ1v) is 19.6. The Labute approximate surface area is 284 Å². The van der Waals surface area contributed by atoms with Crippen molar-refractivity contribution in [2.24, 2.45) is 0 Å². The maximum atomic E-state index is 4.49. The van der Waals surface area contributed by atoms with Crippen LogP contribution in [0.25, 0.3) is 0 Å². The molecule has 2 aliphatic carbocycles. The van der Waals surface area contributed by atoms with Crippen molar-refractivity contribution < 1.29 is 35.2 Å². The van der Waals surface area contributed by atoms with Crippen molar-refractivity contribution in [2.45, 2.75) is 63.7 Å². The van der Waals surface area contributed by atoms with Crippen LogP contribution in [0.1, 0.15) is 52.4 Å². The van der Waals surface area contributed by atoms with Crippen molar-refractivity contribution in [1.29, 1.82) is 0 Å². The van der Waals surface area contributed by atoms with Crippen LogP contribution in [0, 0.1) is 19.3 Å². The van der Waals surface area contributed by atoms with Crippen molar-refractivity contribution in [3.8, 4) is 0 Å². The number of rotatable bonds is 6. The average Bonchev–Trinajstić information content (AvgIpc) is 3.65. The van der Waals surface area contributed by atoms with Gasteiger partial charge in [-0.1, -0.05) is 85.6 Å². The van der Waals surface area contributed by atoms with Gasteiger partial charge in [-0.25, -0.2) is 0 Å². The summed E-state index contributed by atoms with van der Waals surface area (Å²) >= 11 is 2.22. The van der Waals surface area contributed by atoms with Gasteiger partial charge in [0.2, 0.25) is 0 Å². The zero-order valence-corrected chi connectivity index (χ0v) is 30.4. The molecule has 0 aliphatic heterocycles. The molecule has 226 valence electrons. The molecule has 0 bridgehead atoms. The molecule has 0 spiro atoms. The van der Waals surface area contributed by atoms with Gasteiger partial charge in [-0.15, -0.1) is 0 Å². The molecule has 2 unspecified atom stereocenters. The Morgan fingerprint density at radius 1 is 0.524 bits per heavy atom. The Kier molecular flexibility index (Phi) is 18.1. The molecule has 4 aromatic rings. The van der Waals surface area contributed by atoms with Crippen LogP contribution in [0.5, 0.6) is 0 Å². The van der Waals surface area contributed by atoms with Crippen molar-refractivity contribution in [3.05, 3.63) is 141 Å². The summed E-state index contributed by atoms with van der Waals surface area (Å²) < 4.78 is 0. The minimum atomic E-state index is -0.663. The van der Waals surface area contributed by atoms with E-state index in [1.54, 1.807) is 33.1 Å². The second-order valence-electron chi connectivity index (χ2n) is 10.9. The van der Waals surface area contributed by atoms with E-state index in [1.165, 1.54) is 38.5 Å². The van der Waals surface area contributed by atoms with Crippen LogP contribution in [0.4, 0.5) is 0 Å². The van der Waals surface area contributed by atoms with Crippen molar-refractivity contribution in [1.82, 2.24) is 0 Å². The van der Waals surface area contributed by atoms with E-state index in [2.05, 4.69) is 163 Å². The quantitative estimate of drug-likeness (QED) is 0.105. The molecule has 0 aromatic heterocycles. The van der Waals surface area contributed by atoms with Crippen LogP contribution in [0.15, 0.2) is 121 Å². The zero-order valence-electron chi connectivity index (χ0n) is 25.0. The predicted octanol–water partition coefficient (Wildman–Crippen LogP) is 9.13. The van der Waals surface area contributed by atoms with E-state index in [9.17, 15) is 0 Å². The third-order valence-electron chi connectivity index (χ3n) is 8.35. The molecule has 0 amide bonds. The molecule has 0 N–H and O–H groups in total. The summed E-state index contributed by atoms with van der Waals surface area (Å²) in [6.07, 6.45) is 8.18. The molecular formula is C37H45ClFeP2Pd+2. The van der Waals surface area contributed by atoms with Gasteiger partial charge in [0.1, 0.15) is 0 Å². The van der Waals surface area contributed by atoms with Gasteiger partial charge < -0.3 is 7.43 Å². The standard InChI is InChI=1S/2C18H20P.CH3.ClH.Fe.Pd/c2*1-15-9-8-14-18(15)19(16-10-4-2-5-11-16)17-12-6-3-7-13-17;;;;/h2*2-7,10-13,18H,8-9,14H2,1H3;1H3;1H;;/q3*-1;;2*+2/p+1. The van der Waals surface area contributed by atoms with Gasteiger partial charge in [-0.05, 0) is 72.7 Å². The summed E-state index contributed by atoms with van der Waals surface area (Å²) in [6, 6.07) is 44.6. The van der Waals surface area contributed by atoms with Crippen LogP contribution in [-0.4, -0.2) is 11.3 Å². The van der Waals surface area contributed by atoms with Gasteiger partial charge in [-0.2, -0.15) is 26.7 Å². The molecule has 0 heterocycles. The van der Waals surface area contributed by atoms with Gasteiger partial charge in [0.25, 0.3) is 0 Å². The number of hydrogen-bond acceptors (Lipinski definition) is 0. The maximum absolute atomic E-state index is 4.49. The summed E-state index contributed by atoms with van der Waals surface area (Å²) in [5, 5.41) is 6.24. The summed E-state index contributed by atoms with van der Waals surface area (Å²) in [5.41, 5.74) is 1.63. The minimum absolute atomic E-state index is 0. The van der Waals surface area contributed by atoms with Crippen LogP contribution in [0.2, 0.25) is 0 Å². The molecule has 5 heteroatoms. The summed E-state index contributed by atoms with van der Waals surface area (Å²) in [4.78, 5) is 0. The van der Waals surface area contributed by atoms with Gasteiger partial charge >= 0.3 is 44.8 Å². The summed E-state index contributed by atoms with van der Waals surface area (Å²) in [6.45, 7) is 4.74. The van der Waals surface area contributed by atoms with Gasteiger partial charge in [0.15, 0.2) is 0 Å². The second-order valence-corrected chi connectivity index (χ2v) is 16.2. The maximum Gasteiger partial charge on any atom is 2.00 e. The molecule has 2 fully saturated rings. The van der Waals surface area contributed by atoms with Crippen molar-refractivity contribution in [2.75, 3.05) is 0 Å². The molecule has 2 aliphatic rings. The first kappa shape index (κ1) is 37.4. The molecule has 2 atom stereocenters. The Hall–Kier alpha value is -0.788. The van der Waals surface area contributed by atoms with Crippen LogP contribution < -0.4 is 21.2 Å². The molecule has 0 radical (unpaired) electrons. The molecule has 4 aromatic carbocycles. The van der Waals surface area contributed by atoms with Crippen LogP contribution >= 0.6 is 25.4 Å². The first-order chi connectivity index (χ1) is 19.7. The summed E-state index contributed by atoms with van der Waals surface area (Å²) in [7, 11) is 3.16. The third kappa shape index (κ3) is 10.1. The van der Waals surface area contributed by atoms with Crippen molar-refractivity contribution >= 4 is 46.6 Å². The van der Waals surface area contributed by atoms with E-state index >= 15 is 0 Å². The second kappa shape index (κ2) is 20.3. The average molecular weight is 749 g/mol. The largest absolute Gasteiger partial charge is 2.00 e. The van der Waals surface area contributed by atoms with Crippen LogP contribution in [0.3, 0.4) is 0 Å². The zero-order chi connectivity index (χ0) is 28.2. The Balaban J connectivity index is 0.000000265. The first-order valence-electron chi connectivity index (χ1n) is 14.4. The van der Waals surface area contributed by atoms with E-state index in [1.807, 2.05) is 0 Å². The smallest absolute Gasteiger partial charge is 2.00 e. The van der Waals surface area contributed by atoms with Gasteiger partial charge in [0.05, 0.1) is 21.2 Å². The minimum Gasteiger partial charge on any atom is 2.00 e.